The zero-order valence-corrected chi connectivity index (χ0v) is 10.3. The van der Waals surface area contributed by atoms with Crippen LogP contribution in [-0.2, 0) is 10.0 Å². The fourth-order valence-electron chi connectivity index (χ4n) is 1.47. The van der Waals surface area contributed by atoms with Crippen LogP contribution in [0.15, 0.2) is 11.2 Å². The summed E-state index contributed by atoms with van der Waals surface area (Å²) in [4.78, 5) is 6.64. The van der Waals surface area contributed by atoms with Crippen LogP contribution in [0.3, 0.4) is 0 Å². The summed E-state index contributed by atoms with van der Waals surface area (Å²) in [6.07, 6.45) is 1.36. The molecule has 0 radical (unpaired) electrons. The Bertz CT molecular complexity index is 422. The smallest absolute Gasteiger partial charge is 0.260 e. The molecule has 0 aliphatic carbocycles. The first kappa shape index (κ1) is 12.2. The van der Waals surface area contributed by atoms with E-state index in [1.165, 1.54) is 10.5 Å². The van der Waals surface area contributed by atoms with Gasteiger partial charge in [0.25, 0.3) is 10.0 Å². The Balaban J connectivity index is 3.12. The van der Waals surface area contributed by atoms with Gasteiger partial charge in [-0.05, 0) is 20.8 Å². The molecule has 0 aromatic carbocycles. The average molecular weight is 231 g/mol. The Hall–Kier alpha value is -0.880. The molecule has 0 saturated carbocycles. The molecule has 0 bridgehead atoms. The van der Waals surface area contributed by atoms with Crippen molar-refractivity contribution in [3.05, 3.63) is 12.0 Å². The van der Waals surface area contributed by atoms with E-state index in [4.69, 9.17) is 0 Å². The molecule has 1 aromatic rings. The number of rotatable bonds is 4. The molecule has 86 valence electrons. The summed E-state index contributed by atoms with van der Waals surface area (Å²) in [6.45, 7) is 7.71. The van der Waals surface area contributed by atoms with Crippen LogP contribution in [-0.4, -0.2) is 35.3 Å². The molecular weight excluding hydrogens is 214 g/mol. The molecule has 0 saturated heterocycles. The minimum Gasteiger partial charge on any atom is -0.332 e. The number of sulfonamides is 1. The zero-order chi connectivity index (χ0) is 11.6. The molecule has 0 aliphatic rings. The molecule has 6 heteroatoms. The third-order valence-corrected chi connectivity index (χ3v) is 4.21. The Kier molecular flexibility index (Phi) is 3.51. The van der Waals surface area contributed by atoms with Gasteiger partial charge in [0.2, 0.25) is 0 Å². The molecular formula is C9H17N3O2S. The van der Waals surface area contributed by atoms with Gasteiger partial charge < -0.3 is 4.98 Å². The number of hydrogen-bond acceptors (Lipinski definition) is 3. The Morgan fingerprint density at radius 3 is 2.47 bits per heavy atom. The number of aryl methyl sites for hydroxylation is 1. The number of aromatic amines is 1. The molecule has 1 N–H and O–H groups in total. The fraction of sp³-hybridized carbons (Fsp3) is 0.667. The lowest BCUT2D eigenvalue weighted by atomic mass is 10.4. The normalized spacial score (nSPS) is 12.7. The van der Waals surface area contributed by atoms with Gasteiger partial charge in [-0.3, -0.25) is 0 Å². The monoisotopic (exact) mass is 231 g/mol. The number of hydrogen-bond donors (Lipinski definition) is 1. The standard InChI is InChI=1S/C9H17N3O2S/c1-5-12(7(2)3)15(13,14)9-6-10-8(4)11-9/h6-7H,5H2,1-4H3,(H,10,11). The quantitative estimate of drug-likeness (QED) is 0.845. The van der Waals surface area contributed by atoms with Crippen molar-refractivity contribution in [2.75, 3.05) is 6.54 Å². The first-order chi connectivity index (χ1) is 6.89. The summed E-state index contributed by atoms with van der Waals surface area (Å²) < 4.78 is 25.6. The van der Waals surface area contributed by atoms with Crippen LogP contribution in [0.4, 0.5) is 0 Å². The van der Waals surface area contributed by atoms with E-state index in [2.05, 4.69) is 9.97 Å². The predicted molar refractivity (Wildman–Crippen MR) is 58.0 cm³/mol. The summed E-state index contributed by atoms with van der Waals surface area (Å²) in [7, 11) is -3.41. The molecule has 15 heavy (non-hydrogen) atoms. The van der Waals surface area contributed by atoms with Crippen LogP contribution in [0.25, 0.3) is 0 Å². The highest BCUT2D eigenvalue weighted by Gasteiger charge is 2.26. The predicted octanol–water partition coefficient (Wildman–Crippen LogP) is 1.14. The molecule has 0 unspecified atom stereocenters. The second kappa shape index (κ2) is 4.32. The summed E-state index contributed by atoms with van der Waals surface area (Å²) >= 11 is 0. The molecule has 1 heterocycles. The lowest BCUT2D eigenvalue weighted by Gasteiger charge is -2.23. The average Bonchev–Trinajstić information content (AvgIpc) is 2.52. The number of aromatic nitrogens is 2. The molecule has 0 spiro atoms. The van der Waals surface area contributed by atoms with Gasteiger partial charge in [0.15, 0.2) is 5.03 Å². The fourth-order valence-corrected chi connectivity index (χ4v) is 3.08. The topological polar surface area (TPSA) is 66.1 Å². The van der Waals surface area contributed by atoms with Gasteiger partial charge in [0, 0.05) is 12.6 Å². The van der Waals surface area contributed by atoms with E-state index in [1.807, 2.05) is 20.8 Å². The van der Waals surface area contributed by atoms with E-state index in [0.717, 1.165) is 0 Å². The molecule has 0 amide bonds. The zero-order valence-electron chi connectivity index (χ0n) is 9.48. The van der Waals surface area contributed by atoms with Crippen molar-refractivity contribution >= 4 is 10.0 Å². The van der Waals surface area contributed by atoms with Crippen molar-refractivity contribution < 1.29 is 8.42 Å². The van der Waals surface area contributed by atoms with E-state index < -0.39 is 10.0 Å². The van der Waals surface area contributed by atoms with Crippen LogP contribution in [0.1, 0.15) is 26.6 Å². The van der Waals surface area contributed by atoms with E-state index in [-0.39, 0.29) is 11.1 Å². The molecule has 0 aliphatic heterocycles. The van der Waals surface area contributed by atoms with Gasteiger partial charge in [-0.15, -0.1) is 0 Å². The van der Waals surface area contributed by atoms with Crippen molar-refractivity contribution in [1.29, 1.82) is 0 Å². The molecule has 5 nitrogen and oxygen atoms in total. The van der Waals surface area contributed by atoms with Crippen LogP contribution in [0.2, 0.25) is 0 Å². The molecule has 0 atom stereocenters. The van der Waals surface area contributed by atoms with Crippen molar-refractivity contribution in [2.45, 2.75) is 38.8 Å². The van der Waals surface area contributed by atoms with E-state index in [9.17, 15) is 8.42 Å². The second-order valence-electron chi connectivity index (χ2n) is 3.63. The van der Waals surface area contributed by atoms with Crippen molar-refractivity contribution in [2.24, 2.45) is 0 Å². The molecule has 1 aromatic heterocycles. The summed E-state index contributed by atoms with van der Waals surface area (Å²) in [6, 6.07) is -0.0522. The van der Waals surface area contributed by atoms with Gasteiger partial charge in [-0.1, -0.05) is 6.92 Å². The SMILES string of the molecule is CCN(C(C)C)S(=O)(=O)c1cnc(C)[nH]1. The van der Waals surface area contributed by atoms with Gasteiger partial charge in [-0.2, -0.15) is 4.31 Å². The molecule has 1 rings (SSSR count). The number of imidazole rings is 1. The lowest BCUT2D eigenvalue weighted by Crippen LogP contribution is -2.36. The maximum absolute atomic E-state index is 12.1. The number of nitrogens with zero attached hydrogens (tertiary/aromatic N) is 2. The highest BCUT2D eigenvalue weighted by atomic mass is 32.2. The minimum absolute atomic E-state index is 0.0522. The third kappa shape index (κ3) is 2.38. The largest absolute Gasteiger partial charge is 0.332 e. The molecule has 0 fully saturated rings. The van der Waals surface area contributed by atoms with Crippen molar-refractivity contribution in [3.63, 3.8) is 0 Å². The summed E-state index contributed by atoms with van der Waals surface area (Å²) in [5.41, 5.74) is 0. The van der Waals surface area contributed by atoms with Gasteiger partial charge in [0.05, 0.1) is 6.20 Å². The number of nitrogens with one attached hydrogen (secondary N) is 1. The number of H-pyrrole nitrogens is 1. The van der Waals surface area contributed by atoms with Crippen molar-refractivity contribution in [3.8, 4) is 0 Å². The van der Waals surface area contributed by atoms with Gasteiger partial charge in [0.1, 0.15) is 5.82 Å². The van der Waals surface area contributed by atoms with Crippen LogP contribution < -0.4 is 0 Å². The van der Waals surface area contributed by atoms with Gasteiger partial charge in [-0.25, -0.2) is 13.4 Å². The first-order valence-electron chi connectivity index (χ1n) is 4.93. The van der Waals surface area contributed by atoms with E-state index in [0.29, 0.717) is 12.4 Å². The Morgan fingerprint density at radius 2 is 2.13 bits per heavy atom. The Labute approximate surface area is 90.6 Å². The highest BCUT2D eigenvalue weighted by Crippen LogP contribution is 2.15. The van der Waals surface area contributed by atoms with Crippen LogP contribution >= 0.6 is 0 Å². The summed E-state index contributed by atoms with van der Waals surface area (Å²) in [5, 5.41) is 0.163. The minimum atomic E-state index is -3.41. The van der Waals surface area contributed by atoms with Gasteiger partial charge >= 0.3 is 0 Å². The Morgan fingerprint density at radius 1 is 1.53 bits per heavy atom. The maximum atomic E-state index is 12.1. The highest BCUT2D eigenvalue weighted by molar-refractivity contribution is 7.89. The summed E-state index contributed by atoms with van der Waals surface area (Å²) in [5.74, 6) is 0.605. The lowest BCUT2D eigenvalue weighted by molar-refractivity contribution is 0.368. The second-order valence-corrected chi connectivity index (χ2v) is 5.49. The van der Waals surface area contributed by atoms with Crippen molar-refractivity contribution in [1.82, 2.24) is 14.3 Å². The van der Waals surface area contributed by atoms with Crippen LogP contribution in [0, 0.1) is 6.92 Å². The van der Waals surface area contributed by atoms with E-state index >= 15 is 0 Å². The third-order valence-electron chi connectivity index (χ3n) is 2.15. The maximum Gasteiger partial charge on any atom is 0.260 e. The van der Waals surface area contributed by atoms with E-state index in [1.54, 1.807) is 6.92 Å². The first-order valence-corrected chi connectivity index (χ1v) is 6.37. The van der Waals surface area contributed by atoms with Crippen LogP contribution in [0.5, 0.6) is 0 Å².